The summed E-state index contributed by atoms with van der Waals surface area (Å²) in [7, 11) is 0.0131. The van der Waals surface area contributed by atoms with Crippen LogP contribution < -0.4 is 5.32 Å². The van der Waals surface area contributed by atoms with Crippen LogP contribution in [0.1, 0.15) is 37.7 Å². The molecule has 0 bridgehead atoms. The normalized spacial score (nSPS) is 12.0. The largest absolute Gasteiger partial charge is 0.395 e. The first kappa shape index (κ1) is 28.2. The Balaban J connectivity index is 1.74. The van der Waals surface area contributed by atoms with Crippen molar-refractivity contribution in [2.24, 2.45) is 11.4 Å². The summed E-state index contributed by atoms with van der Waals surface area (Å²) in [5.74, 6) is 3.87. The predicted octanol–water partition coefficient (Wildman–Crippen LogP) is 1.46. The zero-order valence-corrected chi connectivity index (χ0v) is 22.3. The van der Waals surface area contributed by atoms with Crippen LogP contribution in [0.2, 0.25) is 0 Å². The standard InChI is InChI=1S/C26H28N6O5S/c1-18-12-23(32(3)29-18)26(36)28-22-7-5-6-19(14-22)8-9-20-13-21(16-27-15-20)25(35)30-38(4,37)17-24(34)31(2)10-11-33/h5-7,12-16,33H,10-11,17H2,1-4H3,(H,28,36)/t38-/m1/s1. The van der Waals surface area contributed by atoms with Gasteiger partial charge >= 0.3 is 0 Å². The van der Waals surface area contributed by atoms with Crippen molar-refractivity contribution in [1.82, 2.24) is 19.7 Å². The molecule has 0 aliphatic rings. The number of benzene rings is 1. The van der Waals surface area contributed by atoms with Crippen LogP contribution in [0.3, 0.4) is 0 Å². The number of carbonyl (C=O) groups excluding carboxylic acids is 3. The van der Waals surface area contributed by atoms with Crippen LogP contribution in [0.15, 0.2) is 53.2 Å². The van der Waals surface area contributed by atoms with Gasteiger partial charge in [0, 0.05) is 56.1 Å². The molecule has 0 radical (unpaired) electrons. The van der Waals surface area contributed by atoms with Crippen molar-refractivity contribution < 1.29 is 23.7 Å². The monoisotopic (exact) mass is 536 g/mol. The van der Waals surface area contributed by atoms with Crippen molar-refractivity contribution in [3.8, 4) is 11.8 Å². The lowest BCUT2D eigenvalue weighted by Crippen LogP contribution is -2.34. The number of pyridine rings is 1. The molecule has 1 aromatic carbocycles. The van der Waals surface area contributed by atoms with Gasteiger partial charge in [-0.2, -0.15) is 9.46 Å². The first-order valence-corrected chi connectivity index (χ1v) is 13.5. The van der Waals surface area contributed by atoms with E-state index in [1.165, 1.54) is 41.3 Å². The Hall–Kier alpha value is -4.34. The van der Waals surface area contributed by atoms with E-state index in [0.29, 0.717) is 22.5 Å². The second-order valence-corrected chi connectivity index (χ2v) is 11.0. The van der Waals surface area contributed by atoms with Crippen LogP contribution in [0, 0.1) is 18.8 Å². The Morgan fingerprint density at radius 3 is 2.58 bits per heavy atom. The summed E-state index contributed by atoms with van der Waals surface area (Å²) in [6.07, 6.45) is 3.98. The molecule has 0 aliphatic carbocycles. The predicted molar refractivity (Wildman–Crippen MR) is 143 cm³/mol. The summed E-state index contributed by atoms with van der Waals surface area (Å²) in [6, 6.07) is 10.1. The Morgan fingerprint density at radius 2 is 1.89 bits per heavy atom. The van der Waals surface area contributed by atoms with E-state index in [1.54, 1.807) is 44.3 Å². The van der Waals surface area contributed by atoms with Crippen molar-refractivity contribution in [2.75, 3.05) is 37.5 Å². The maximum Gasteiger partial charge on any atom is 0.286 e. The molecule has 0 saturated heterocycles. The van der Waals surface area contributed by atoms with E-state index in [2.05, 4.69) is 31.6 Å². The molecule has 3 aromatic rings. The average molecular weight is 537 g/mol. The first-order chi connectivity index (χ1) is 18.0. The van der Waals surface area contributed by atoms with Gasteiger partial charge in [0.05, 0.1) is 27.6 Å². The fraction of sp³-hybridized carbons (Fsp3) is 0.269. The smallest absolute Gasteiger partial charge is 0.286 e. The number of likely N-dealkylation sites (N-methyl/N-ethyl adjacent to an activating group) is 1. The van der Waals surface area contributed by atoms with Crippen molar-refractivity contribution in [3.63, 3.8) is 0 Å². The number of aliphatic hydroxyl groups is 1. The Kier molecular flexibility index (Phi) is 9.11. The Labute approximate surface area is 221 Å². The lowest BCUT2D eigenvalue weighted by atomic mass is 10.1. The van der Waals surface area contributed by atoms with Gasteiger partial charge in [0.25, 0.3) is 11.8 Å². The number of carbonyl (C=O) groups is 3. The SMILES string of the molecule is Cc1cc(C(=O)Nc2cccc(C#Cc3cncc(C(=O)N=[S@](C)(=O)CC(=O)N(C)CCO)c3)c2)n(C)n1. The van der Waals surface area contributed by atoms with Crippen LogP contribution in [0.5, 0.6) is 0 Å². The van der Waals surface area contributed by atoms with Gasteiger partial charge in [-0.25, -0.2) is 4.21 Å². The molecule has 11 nitrogen and oxygen atoms in total. The molecule has 3 rings (SSSR count). The number of aryl methyl sites for hydroxylation is 2. The number of anilines is 1. The minimum Gasteiger partial charge on any atom is -0.395 e. The zero-order valence-electron chi connectivity index (χ0n) is 21.5. The summed E-state index contributed by atoms with van der Waals surface area (Å²) in [5, 5.41) is 15.9. The molecule has 0 saturated carbocycles. The molecule has 0 fully saturated rings. The highest BCUT2D eigenvalue weighted by atomic mass is 32.2. The number of nitrogens with zero attached hydrogens (tertiary/aromatic N) is 5. The van der Waals surface area contributed by atoms with Gasteiger partial charge in [-0.3, -0.25) is 24.0 Å². The fourth-order valence-corrected chi connectivity index (χ4v) is 4.54. The van der Waals surface area contributed by atoms with Crippen molar-refractivity contribution in [1.29, 1.82) is 0 Å². The van der Waals surface area contributed by atoms with E-state index in [1.807, 2.05) is 0 Å². The average Bonchev–Trinajstić information content (AvgIpc) is 3.20. The van der Waals surface area contributed by atoms with Crippen molar-refractivity contribution in [3.05, 3.63) is 76.9 Å². The van der Waals surface area contributed by atoms with Crippen LogP contribution in [0.4, 0.5) is 5.69 Å². The minimum absolute atomic E-state index is 0.0787. The molecule has 0 aliphatic heterocycles. The van der Waals surface area contributed by atoms with Crippen molar-refractivity contribution >= 4 is 33.1 Å². The summed E-state index contributed by atoms with van der Waals surface area (Å²) in [6.45, 7) is 1.67. The topological polar surface area (TPSA) is 147 Å². The molecular formula is C26H28N6O5S. The lowest BCUT2D eigenvalue weighted by Gasteiger charge is -2.15. The number of hydrogen-bond acceptors (Lipinski definition) is 7. The highest BCUT2D eigenvalue weighted by Crippen LogP contribution is 2.13. The summed E-state index contributed by atoms with van der Waals surface area (Å²) in [4.78, 5) is 42.5. The molecule has 2 aromatic heterocycles. The first-order valence-electron chi connectivity index (χ1n) is 11.5. The third-order valence-electron chi connectivity index (χ3n) is 5.22. The molecule has 3 amide bonds. The van der Waals surface area contributed by atoms with Crippen LogP contribution in [-0.2, 0) is 21.6 Å². The molecule has 38 heavy (non-hydrogen) atoms. The molecule has 198 valence electrons. The van der Waals surface area contributed by atoms with Gasteiger partial charge in [-0.1, -0.05) is 17.9 Å². The number of nitrogens with one attached hydrogen (secondary N) is 1. The van der Waals surface area contributed by atoms with E-state index < -0.39 is 27.3 Å². The van der Waals surface area contributed by atoms with Gasteiger partial charge in [-0.05, 0) is 37.3 Å². The Morgan fingerprint density at radius 1 is 1.16 bits per heavy atom. The molecule has 0 spiro atoms. The molecule has 2 heterocycles. The quantitative estimate of drug-likeness (QED) is 0.435. The third-order valence-corrected chi connectivity index (χ3v) is 6.55. The molecule has 1 atom stereocenters. The maximum absolute atomic E-state index is 12.7. The number of aromatic nitrogens is 3. The number of aliphatic hydroxyl groups excluding tert-OH is 1. The summed E-state index contributed by atoms with van der Waals surface area (Å²) in [5.41, 5.74) is 2.84. The Bertz CT molecular complexity index is 1560. The summed E-state index contributed by atoms with van der Waals surface area (Å²) >= 11 is 0. The highest BCUT2D eigenvalue weighted by molar-refractivity contribution is 7.93. The highest BCUT2D eigenvalue weighted by Gasteiger charge is 2.17. The minimum atomic E-state index is -3.15. The zero-order chi connectivity index (χ0) is 27.9. The second kappa shape index (κ2) is 12.3. The molecule has 2 N–H and O–H groups in total. The van der Waals surface area contributed by atoms with E-state index in [9.17, 15) is 18.6 Å². The van der Waals surface area contributed by atoms with Crippen LogP contribution in [0.25, 0.3) is 0 Å². The maximum atomic E-state index is 12.7. The van der Waals surface area contributed by atoms with Gasteiger partial charge in [0.1, 0.15) is 11.4 Å². The van der Waals surface area contributed by atoms with E-state index in [4.69, 9.17) is 5.11 Å². The van der Waals surface area contributed by atoms with E-state index in [-0.39, 0.29) is 24.6 Å². The molecule has 12 heteroatoms. The van der Waals surface area contributed by atoms with Gasteiger partial charge in [0.2, 0.25) is 5.91 Å². The van der Waals surface area contributed by atoms with Crippen LogP contribution >= 0.6 is 0 Å². The number of rotatable bonds is 7. The van der Waals surface area contributed by atoms with Crippen LogP contribution in [-0.4, -0.2) is 78.9 Å². The van der Waals surface area contributed by atoms with Gasteiger partial charge in [0.15, 0.2) is 0 Å². The number of amides is 3. The number of hydrogen-bond donors (Lipinski definition) is 2. The van der Waals surface area contributed by atoms with Gasteiger partial charge < -0.3 is 15.3 Å². The summed E-state index contributed by atoms with van der Waals surface area (Å²) < 4.78 is 18.0. The molecular weight excluding hydrogens is 508 g/mol. The third kappa shape index (κ3) is 7.83. The van der Waals surface area contributed by atoms with E-state index in [0.717, 1.165) is 5.69 Å². The second-order valence-electron chi connectivity index (χ2n) is 8.58. The fourth-order valence-electron chi connectivity index (χ4n) is 3.34. The van der Waals surface area contributed by atoms with Crippen molar-refractivity contribution in [2.45, 2.75) is 6.92 Å². The van der Waals surface area contributed by atoms with E-state index >= 15 is 0 Å². The van der Waals surface area contributed by atoms with Gasteiger partial charge in [-0.15, -0.1) is 0 Å². The lowest BCUT2D eigenvalue weighted by molar-refractivity contribution is -0.127. The molecule has 0 unspecified atom stereocenters.